The lowest BCUT2D eigenvalue weighted by atomic mass is 10.0. The second kappa shape index (κ2) is 11.3. The topological polar surface area (TPSA) is 96.6 Å². The minimum absolute atomic E-state index is 0.00172. The molecule has 0 aromatic heterocycles. The van der Waals surface area contributed by atoms with E-state index in [2.05, 4.69) is 24.1 Å². The summed E-state index contributed by atoms with van der Waals surface area (Å²) in [6.45, 7) is 7.45. The molecule has 1 amide bonds. The molecule has 26 heavy (non-hydrogen) atoms. The molecular formula is C20H29N3O3. The van der Waals surface area contributed by atoms with Crippen LogP contribution in [0, 0.1) is 11.3 Å². The van der Waals surface area contributed by atoms with E-state index in [1.807, 2.05) is 30.3 Å². The summed E-state index contributed by atoms with van der Waals surface area (Å²) in [5, 5.41) is 29.9. The van der Waals surface area contributed by atoms with E-state index in [1.54, 1.807) is 6.92 Å². The van der Waals surface area contributed by atoms with E-state index < -0.39 is 18.6 Å². The Morgan fingerprint density at radius 3 is 2.27 bits per heavy atom. The van der Waals surface area contributed by atoms with Crippen molar-refractivity contribution in [1.29, 1.82) is 5.26 Å². The monoisotopic (exact) mass is 359 g/mol. The predicted octanol–water partition coefficient (Wildman–Crippen LogP) is 2.08. The van der Waals surface area contributed by atoms with Crippen molar-refractivity contribution >= 4 is 17.2 Å². The molecule has 1 aromatic carbocycles. The quantitative estimate of drug-likeness (QED) is 0.439. The molecule has 0 fully saturated rings. The number of carbonyl (C=O) groups excluding carboxylic acids is 1. The number of amides is 1. The summed E-state index contributed by atoms with van der Waals surface area (Å²) < 4.78 is 0. The van der Waals surface area contributed by atoms with Gasteiger partial charge in [0.25, 0.3) is 5.91 Å². The molecule has 0 aliphatic heterocycles. The van der Waals surface area contributed by atoms with E-state index in [4.69, 9.17) is 5.11 Å². The van der Waals surface area contributed by atoms with Crippen LogP contribution in [-0.2, 0) is 4.79 Å². The number of rotatable bonds is 10. The van der Waals surface area contributed by atoms with Gasteiger partial charge in [0.15, 0.2) is 0 Å². The summed E-state index contributed by atoms with van der Waals surface area (Å²) in [7, 11) is 0. The normalized spacial score (nSPS) is 12.8. The molecule has 0 heterocycles. The fourth-order valence-electron chi connectivity index (χ4n) is 2.64. The van der Waals surface area contributed by atoms with Crippen LogP contribution < -0.4 is 10.2 Å². The molecule has 0 radical (unpaired) electrons. The summed E-state index contributed by atoms with van der Waals surface area (Å²) in [6.07, 6.45) is 1.10. The third kappa shape index (κ3) is 6.17. The van der Waals surface area contributed by atoms with E-state index in [9.17, 15) is 15.2 Å². The molecule has 6 heteroatoms. The highest BCUT2D eigenvalue weighted by molar-refractivity contribution is 6.04. The van der Waals surface area contributed by atoms with Gasteiger partial charge in [-0.2, -0.15) is 5.26 Å². The van der Waals surface area contributed by atoms with Crippen molar-refractivity contribution in [3.63, 3.8) is 0 Å². The van der Waals surface area contributed by atoms with Gasteiger partial charge in [-0.25, -0.2) is 0 Å². The minimum atomic E-state index is -1.04. The lowest BCUT2D eigenvalue weighted by Gasteiger charge is -2.24. The molecule has 6 nitrogen and oxygen atoms in total. The highest BCUT2D eigenvalue weighted by atomic mass is 16.3. The summed E-state index contributed by atoms with van der Waals surface area (Å²) in [4.78, 5) is 14.5. The standard InChI is InChI=1S/C20H29N3O3/c1-4-10-23(11-5-2)17-8-6-16(7-9-17)15(3)19(12-21)20(26)22-13-18(25)14-24/h6-9,18,24-25H,4-5,10-11,13-14H2,1-3H3,(H,22,26)/b19-15+. The van der Waals surface area contributed by atoms with E-state index >= 15 is 0 Å². The van der Waals surface area contributed by atoms with Gasteiger partial charge in [0.2, 0.25) is 0 Å². The van der Waals surface area contributed by atoms with Crippen LogP contribution in [0.25, 0.3) is 5.57 Å². The summed E-state index contributed by atoms with van der Waals surface area (Å²) in [5.41, 5.74) is 2.50. The molecule has 1 atom stereocenters. The maximum Gasteiger partial charge on any atom is 0.262 e. The van der Waals surface area contributed by atoms with Crippen molar-refractivity contribution in [2.45, 2.75) is 39.7 Å². The lowest BCUT2D eigenvalue weighted by Crippen LogP contribution is -2.34. The Balaban J connectivity index is 2.98. The predicted molar refractivity (Wildman–Crippen MR) is 104 cm³/mol. The third-order valence-corrected chi connectivity index (χ3v) is 4.08. The van der Waals surface area contributed by atoms with Crippen LogP contribution in [0.2, 0.25) is 0 Å². The largest absolute Gasteiger partial charge is 0.394 e. The van der Waals surface area contributed by atoms with Gasteiger partial charge in [-0.05, 0) is 43.0 Å². The SMILES string of the molecule is CCCN(CCC)c1ccc(/C(C)=C(\C#N)C(=O)NCC(O)CO)cc1. The lowest BCUT2D eigenvalue weighted by molar-refractivity contribution is -0.117. The van der Waals surface area contributed by atoms with E-state index in [0.29, 0.717) is 5.57 Å². The average Bonchev–Trinajstić information content (AvgIpc) is 2.66. The van der Waals surface area contributed by atoms with Gasteiger partial charge in [-0.3, -0.25) is 4.79 Å². The van der Waals surface area contributed by atoms with E-state index in [0.717, 1.165) is 37.2 Å². The first-order valence-electron chi connectivity index (χ1n) is 9.01. The van der Waals surface area contributed by atoms with Crippen LogP contribution in [0.1, 0.15) is 39.2 Å². The van der Waals surface area contributed by atoms with Gasteiger partial charge in [-0.1, -0.05) is 26.0 Å². The second-order valence-corrected chi connectivity index (χ2v) is 6.19. The zero-order valence-corrected chi connectivity index (χ0v) is 15.8. The number of aliphatic hydroxyl groups is 2. The molecule has 0 spiro atoms. The van der Waals surface area contributed by atoms with Gasteiger partial charge in [0.1, 0.15) is 11.6 Å². The first-order valence-corrected chi connectivity index (χ1v) is 9.01. The molecule has 0 aliphatic rings. The van der Waals surface area contributed by atoms with Crippen molar-refractivity contribution in [1.82, 2.24) is 5.32 Å². The van der Waals surface area contributed by atoms with E-state index in [1.165, 1.54) is 0 Å². The van der Waals surface area contributed by atoms with Crippen LogP contribution in [0.4, 0.5) is 5.69 Å². The molecule has 0 bridgehead atoms. The average molecular weight is 359 g/mol. The van der Waals surface area contributed by atoms with Crippen molar-refractivity contribution in [2.24, 2.45) is 0 Å². The van der Waals surface area contributed by atoms with Crippen LogP contribution in [0.5, 0.6) is 0 Å². The Bertz CT molecular complexity index is 641. The Labute approximate surface area is 155 Å². The summed E-state index contributed by atoms with van der Waals surface area (Å²) in [5.74, 6) is -0.555. The summed E-state index contributed by atoms with van der Waals surface area (Å²) in [6, 6.07) is 9.77. The Morgan fingerprint density at radius 1 is 1.23 bits per heavy atom. The minimum Gasteiger partial charge on any atom is -0.394 e. The molecule has 1 rings (SSSR count). The maximum atomic E-state index is 12.2. The van der Waals surface area contributed by atoms with Crippen molar-refractivity contribution in [3.05, 3.63) is 35.4 Å². The van der Waals surface area contributed by atoms with Gasteiger partial charge in [-0.15, -0.1) is 0 Å². The zero-order valence-electron chi connectivity index (χ0n) is 15.8. The molecule has 3 N–H and O–H groups in total. The van der Waals surface area contributed by atoms with Crippen LogP contribution in [0.3, 0.4) is 0 Å². The number of nitriles is 1. The summed E-state index contributed by atoms with van der Waals surface area (Å²) >= 11 is 0. The molecule has 0 saturated carbocycles. The number of aliphatic hydroxyl groups excluding tert-OH is 2. The number of benzene rings is 1. The molecule has 1 aromatic rings. The molecule has 0 aliphatic carbocycles. The number of carbonyl (C=O) groups is 1. The number of nitrogens with one attached hydrogen (secondary N) is 1. The number of hydrogen-bond donors (Lipinski definition) is 3. The third-order valence-electron chi connectivity index (χ3n) is 4.08. The molecular weight excluding hydrogens is 330 g/mol. The van der Waals surface area contributed by atoms with Crippen molar-refractivity contribution in [2.75, 3.05) is 31.1 Å². The fraction of sp³-hybridized carbons (Fsp3) is 0.500. The van der Waals surface area contributed by atoms with Crippen molar-refractivity contribution in [3.8, 4) is 6.07 Å². The van der Waals surface area contributed by atoms with Gasteiger partial charge >= 0.3 is 0 Å². The van der Waals surface area contributed by atoms with Gasteiger partial charge in [0.05, 0.1) is 12.7 Å². The van der Waals surface area contributed by atoms with Crippen LogP contribution in [0.15, 0.2) is 29.8 Å². The number of hydrogen-bond acceptors (Lipinski definition) is 5. The molecule has 1 unspecified atom stereocenters. The number of nitrogens with zero attached hydrogens (tertiary/aromatic N) is 2. The fourth-order valence-corrected chi connectivity index (χ4v) is 2.64. The number of anilines is 1. The first kappa shape index (κ1) is 21.7. The number of allylic oxidation sites excluding steroid dienone is 1. The highest BCUT2D eigenvalue weighted by Crippen LogP contribution is 2.22. The van der Waals surface area contributed by atoms with Crippen molar-refractivity contribution < 1.29 is 15.0 Å². The smallest absolute Gasteiger partial charge is 0.262 e. The Kier molecular flexibility index (Phi) is 9.42. The van der Waals surface area contributed by atoms with Crippen LogP contribution in [-0.4, -0.2) is 48.5 Å². The molecule has 142 valence electrons. The van der Waals surface area contributed by atoms with Gasteiger partial charge in [0, 0.05) is 25.3 Å². The zero-order chi connectivity index (χ0) is 19.5. The van der Waals surface area contributed by atoms with Crippen LogP contribution >= 0.6 is 0 Å². The molecule has 0 saturated heterocycles. The highest BCUT2D eigenvalue weighted by Gasteiger charge is 2.15. The maximum absolute atomic E-state index is 12.2. The Morgan fingerprint density at radius 2 is 1.81 bits per heavy atom. The second-order valence-electron chi connectivity index (χ2n) is 6.19. The van der Waals surface area contributed by atoms with E-state index in [-0.39, 0.29) is 12.1 Å². The Hall–Kier alpha value is -2.36. The van der Waals surface area contributed by atoms with Gasteiger partial charge < -0.3 is 20.4 Å². The first-order chi connectivity index (χ1) is 12.5.